The topological polar surface area (TPSA) is 26.3 Å². The van der Waals surface area contributed by atoms with Crippen LogP contribution in [0.15, 0.2) is 39.3 Å². The van der Waals surface area contributed by atoms with Gasteiger partial charge in [-0.2, -0.15) is 0 Å². The number of carbonyl (C=O) groups excluding carboxylic acids is 1. The van der Waals surface area contributed by atoms with Crippen LogP contribution in [0.2, 0.25) is 0 Å². The van der Waals surface area contributed by atoms with Crippen molar-refractivity contribution in [2.45, 2.75) is 6.92 Å². The molecule has 0 saturated heterocycles. The van der Waals surface area contributed by atoms with E-state index in [1.54, 1.807) is 19.1 Å². The number of hydrogen-bond donors (Lipinski definition) is 0. The quantitative estimate of drug-likeness (QED) is 0.740. The van der Waals surface area contributed by atoms with Gasteiger partial charge in [0.05, 0.1) is 12.2 Å². The average Bonchev–Trinajstić information content (AvgIpc) is 2.50. The van der Waals surface area contributed by atoms with Gasteiger partial charge in [-0.05, 0) is 36.2 Å². The molecule has 0 saturated carbocycles. The van der Waals surface area contributed by atoms with E-state index in [4.69, 9.17) is 4.74 Å². The Morgan fingerprint density at radius 1 is 1.12 bits per heavy atom. The van der Waals surface area contributed by atoms with Crippen molar-refractivity contribution in [3.63, 3.8) is 0 Å². The summed E-state index contributed by atoms with van der Waals surface area (Å²) in [5.74, 6) is -0.294. The molecule has 0 N–H and O–H groups in total. The second kappa shape index (κ2) is 5.19. The van der Waals surface area contributed by atoms with Gasteiger partial charge in [0, 0.05) is 8.95 Å². The summed E-state index contributed by atoms with van der Waals surface area (Å²) in [5, 5.41) is 0. The number of halogens is 2. The molecule has 2 aliphatic rings. The van der Waals surface area contributed by atoms with Gasteiger partial charge in [-0.1, -0.05) is 44.0 Å². The van der Waals surface area contributed by atoms with Crippen LogP contribution in [0.1, 0.15) is 17.3 Å². The molecule has 0 aromatic rings. The highest BCUT2D eigenvalue weighted by Gasteiger charge is 2.13. The fourth-order valence-corrected chi connectivity index (χ4v) is 3.07. The normalized spacial score (nSPS) is 10.5. The van der Waals surface area contributed by atoms with E-state index in [1.165, 1.54) is 0 Å². The zero-order valence-corrected chi connectivity index (χ0v) is 12.3. The largest absolute Gasteiger partial charge is 0.462 e. The monoisotopic (exact) mass is 356 g/mol. The molecule has 0 aromatic carbocycles. The maximum Gasteiger partial charge on any atom is 0.338 e. The van der Waals surface area contributed by atoms with Crippen LogP contribution < -0.4 is 0 Å². The summed E-state index contributed by atoms with van der Waals surface area (Å²) in [6.45, 7) is 2.18. The number of fused-ring (bicyclic) bond motifs is 1. The van der Waals surface area contributed by atoms with Crippen molar-refractivity contribution in [2.75, 3.05) is 6.61 Å². The lowest BCUT2D eigenvalue weighted by molar-refractivity contribution is 0.0526. The Bertz CT molecular complexity index is 501. The highest BCUT2D eigenvalue weighted by atomic mass is 79.9. The lowest BCUT2D eigenvalue weighted by Gasteiger charge is -1.97. The standard InChI is InChI=1S/C13H10Br2O2/c1-2-17-13(16)8-3-5-9-10(6-4-8)12(15)7-11(9)14/h3-7H,2H2,1H3. The molecule has 0 aromatic heterocycles. The maximum absolute atomic E-state index is 11.6. The summed E-state index contributed by atoms with van der Waals surface area (Å²) in [7, 11) is 0. The molecule has 0 spiro atoms. The van der Waals surface area contributed by atoms with Crippen LogP contribution in [0, 0.1) is 0 Å². The van der Waals surface area contributed by atoms with E-state index in [0.717, 1.165) is 20.1 Å². The van der Waals surface area contributed by atoms with Crippen LogP contribution >= 0.6 is 31.9 Å². The van der Waals surface area contributed by atoms with Gasteiger partial charge in [-0.25, -0.2) is 4.79 Å². The van der Waals surface area contributed by atoms with Gasteiger partial charge in [-0.3, -0.25) is 0 Å². The average molecular weight is 358 g/mol. The molecule has 0 radical (unpaired) electrons. The predicted molar refractivity (Wildman–Crippen MR) is 74.4 cm³/mol. The Labute approximate surface area is 117 Å². The third-order valence-corrected chi connectivity index (χ3v) is 3.74. The van der Waals surface area contributed by atoms with Crippen molar-refractivity contribution in [2.24, 2.45) is 0 Å². The highest BCUT2D eigenvalue weighted by Crippen LogP contribution is 2.38. The minimum atomic E-state index is -0.294. The molecule has 0 fully saturated rings. The van der Waals surface area contributed by atoms with Crippen LogP contribution in [0.25, 0.3) is 11.1 Å². The molecule has 0 heterocycles. The molecule has 2 nitrogen and oxygen atoms in total. The summed E-state index contributed by atoms with van der Waals surface area (Å²) in [4.78, 5) is 11.6. The first kappa shape index (κ1) is 12.6. The predicted octanol–water partition coefficient (Wildman–Crippen LogP) is 4.49. The summed E-state index contributed by atoms with van der Waals surface area (Å²) >= 11 is 6.97. The minimum Gasteiger partial charge on any atom is -0.462 e. The zero-order chi connectivity index (χ0) is 12.4. The maximum atomic E-state index is 11.6. The van der Waals surface area contributed by atoms with Crippen molar-refractivity contribution in [3.8, 4) is 11.1 Å². The third kappa shape index (κ3) is 2.53. The Morgan fingerprint density at radius 3 is 2.12 bits per heavy atom. The van der Waals surface area contributed by atoms with Crippen LogP contribution in [-0.2, 0) is 4.74 Å². The van der Waals surface area contributed by atoms with Crippen molar-refractivity contribution < 1.29 is 9.53 Å². The minimum absolute atomic E-state index is 0.294. The van der Waals surface area contributed by atoms with E-state index in [-0.39, 0.29) is 5.97 Å². The van der Waals surface area contributed by atoms with Crippen molar-refractivity contribution >= 4 is 37.8 Å². The second-order valence-electron chi connectivity index (χ2n) is 3.51. The smallest absolute Gasteiger partial charge is 0.338 e. The van der Waals surface area contributed by atoms with E-state index < -0.39 is 0 Å². The second-order valence-corrected chi connectivity index (χ2v) is 5.22. The molecular weight excluding hydrogens is 348 g/mol. The van der Waals surface area contributed by atoms with E-state index in [0.29, 0.717) is 12.2 Å². The Hall–Kier alpha value is -0.870. The lowest BCUT2D eigenvalue weighted by atomic mass is 10.2. The van der Waals surface area contributed by atoms with Gasteiger partial charge in [0.25, 0.3) is 0 Å². The van der Waals surface area contributed by atoms with Gasteiger partial charge >= 0.3 is 5.97 Å². The van der Waals surface area contributed by atoms with Gasteiger partial charge in [-0.15, -0.1) is 0 Å². The summed E-state index contributed by atoms with van der Waals surface area (Å²) in [6.07, 6.45) is 0. The zero-order valence-electron chi connectivity index (χ0n) is 9.17. The first-order valence-electron chi connectivity index (χ1n) is 5.18. The summed E-state index contributed by atoms with van der Waals surface area (Å²) < 4.78 is 6.98. The Kier molecular flexibility index (Phi) is 3.84. The molecule has 0 bridgehead atoms. The number of rotatable bonds is 2. The van der Waals surface area contributed by atoms with Crippen LogP contribution in [0.3, 0.4) is 0 Å². The summed E-state index contributed by atoms with van der Waals surface area (Å²) in [5.41, 5.74) is 2.68. The fourth-order valence-electron chi connectivity index (χ4n) is 1.62. The Balaban J connectivity index is 2.49. The molecule has 17 heavy (non-hydrogen) atoms. The number of ether oxygens (including phenoxy) is 1. The van der Waals surface area contributed by atoms with Crippen LogP contribution in [0.4, 0.5) is 0 Å². The molecule has 2 rings (SSSR count). The van der Waals surface area contributed by atoms with E-state index in [1.807, 2.05) is 18.2 Å². The van der Waals surface area contributed by atoms with E-state index in [9.17, 15) is 4.79 Å². The highest BCUT2D eigenvalue weighted by molar-refractivity contribution is 9.11. The SMILES string of the molecule is CCOC(=O)c1ccc2c(Br)cc(Br)c-2cc1. The van der Waals surface area contributed by atoms with Gasteiger partial charge in [0.15, 0.2) is 0 Å². The molecule has 0 unspecified atom stereocenters. The van der Waals surface area contributed by atoms with Gasteiger partial charge in [0.1, 0.15) is 0 Å². The first-order chi connectivity index (χ1) is 8.13. The number of carbonyl (C=O) groups is 1. The first-order valence-corrected chi connectivity index (χ1v) is 6.77. The lowest BCUT2D eigenvalue weighted by Crippen LogP contribution is -2.02. The molecule has 0 atom stereocenters. The van der Waals surface area contributed by atoms with E-state index in [2.05, 4.69) is 31.9 Å². The molecule has 0 amide bonds. The van der Waals surface area contributed by atoms with Crippen molar-refractivity contribution in [1.82, 2.24) is 0 Å². The molecule has 2 aliphatic carbocycles. The molecule has 4 heteroatoms. The number of esters is 1. The van der Waals surface area contributed by atoms with Crippen LogP contribution in [0.5, 0.6) is 0 Å². The van der Waals surface area contributed by atoms with Gasteiger partial charge < -0.3 is 4.74 Å². The fraction of sp³-hybridized carbons (Fsp3) is 0.154. The molecular formula is C13H10Br2O2. The summed E-state index contributed by atoms with van der Waals surface area (Å²) in [6, 6.07) is 9.37. The Morgan fingerprint density at radius 2 is 1.65 bits per heavy atom. The van der Waals surface area contributed by atoms with Gasteiger partial charge in [0.2, 0.25) is 0 Å². The third-order valence-electron chi connectivity index (χ3n) is 2.43. The number of hydrogen-bond acceptors (Lipinski definition) is 2. The van der Waals surface area contributed by atoms with Crippen molar-refractivity contribution in [1.29, 1.82) is 0 Å². The molecule has 88 valence electrons. The van der Waals surface area contributed by atoms with Crippen LogP contribution in [-0.4, -0.2) is 12.6 Å². The molecule has 0 aliphatic heterocycles. The van der Waals surface area contributed by atoms with E-state index >= 15 is 0 Å². The van der Waals surface area contributed by atoms with Crippen molar-refractivity contribution in [3.05, 3.63) is 44.8 Å².